The highest BCUT2D eigenvalue weighted by Crippen LogP contribution is 2.43. The highest BCUT2D eigenvalue weighted by atomic mass is 14.4. The Morgan fingerprint density at radius 2 is 1.71 bits per heavy atom. The summed E-state index contributed by atoms with van der Waals surface area (Å²) in [5, 5.41) is 0. The van der Waals surface area contributed by atoms with E-state index in [9.17, 15) is 0 Å². The Labute approximate surface area is 110 Å². The molecule has 0 aromatic rings. The average Bonchev–Trinajstić information content (AvgIpc) is 2.22. The van der Waals surface area contributed by atoms with Gasteiger partial charge in [-0.3, -0.25) is 0 Å². The summed E-state index contributed by atoms with van der Waals surface area (Å²) in [6.07, 6.45) is 11.5. The summed E-state index contributed by atoms with van der Waals surface area (Å²) in [6.45, 7) is 12.1. The van der Waals surface area contributed by atoms with Crippen LogP contribution in [0, 0.1) is 23.2 Å². The van der Waals surface area contributed by atoms with Crippen molar-refractivity contribution in [3.8, 4) is 0 Å². The maximum atomic E-state index is 2.48. The maximum absolute atomic E-state index is 2.48. The Hall–Kier alpha value is 0. The summed E-state index contributed by atoms with van der Waals surface area (Å²) in [4.78, 5) is 0. The van der Waals surface area contributed by atoms with Crippen molar-refractivity contribution in [1.82, 2.24) is 0 Å². The van der Waals surface area contributed by atoms with E-state index in [0.29, 0.717) is 5.41 Å². The third-order valence-electron chi connectivity index (χ3n) is 4.80. The fourth-order valence-corrected chi connectivity index (χ4v) is 4.04. The van der Waals surface area contributed by atoms with E-state index in [1.54, 1.807) is 0 Å². The normalized spacial score (nSPS) is 30.5. The van der Waals surface area contributed by atoms with Crippen LogP contribution in [0.1, 0.15) is 86.0 Å². The molecule has 3 unspecified atom stereocenters. The molecule has 0 N–H and O–H groups in total. The molecule has 0 radical (unpaired) electrons. The van der Waals surface area contributed by atoms with E-state index in [2.05, 4.69) is 34.6 Å². The van der Waals surface area contributed by atoms with Gasteiger partial charge in [0.15, 0.2) is 0 Å². The molecule has 3 atom stereocenters. The minimum Gasteiger partial charge on any atom is -0.0654 e. The maximum Gasteiger partial charge on any atom is -0.0352 e. The summed E-state index contributed by atoms with van der Waals surface area (Å²) in [5.74, 6) is 3.03. The van der Waals surface area contributed by atoms with Crippen LogP contribution in [-0.2, 0) is 0 Å². The summed E-state index contributed by atoms with van der Waals surface area (Å²) in [7, 11) is 0. The van der Waals surface area contributed by atoms with E-state index in [-0.39, 0.29) is 0 Å². The van der Waals surface area contributed by atoms with Crippen molar-refractivity contribution in [3.63, 3.8) is 0 Å². The lowest BCUT2D eigenvalue weighted by Gasteiger charge is -2.39. The topological polar surface area (TPSA) is 0 Å². The van der Waals surface area contributed by atoms with Crippen LogP contribution in [0.5, 0.6) is 0 Å². The van der Waals surface area contributed by atoms with Crippen LogP contribution < -0.4 is 0 Å². The van der Waals surface area contributed by atoms with Gasteiger partial charge in [-0.1, -0.05) is 60.3 Å². The fraction of sp³-hybridized carbons (Fsp3) is 1.00. The summed E-state index contributed by atoms with van der Waals surface area (Å²) >= 11 is 0. The SMILES string of the molecule is CCCC1CC(C)CCC1CC(C)(C)CCC. The minimum absolute atomic E-state index is 0.575. The van der Waals surface area contributed by atoms with Gasteiger partial charge in [0.25, 0.3) is 0 Å². The molecule has 0 nitrogen and oxygen atoms in total. The molecule has 0 spiro atoms. The zero-order valence-corrected chi connectivity index (χ0v) is 12.9. The van der Waals surface area contributed by atoms with E-state index in [1.807, 2.05) is 0 Å². The third-order valence-corrected chi connectivity index (χ3v) is 4.80. The Bertz CT molecular complexity index is 204. The van der Waals surface area contributed by atoms with Gasteiger partial charge < -0.3 is 0 Å². The summed E-state index contributed by atoms with van der Waals surface area (Å²) < 4.78 is 0. The van der Waals surface area contributed by atoms with Crippen LogP contribution in [0.2, 0.25) is 0 Å². The molecule has 0 bridgehead atoms. The van der Waals surface area contributed by atoms with Crippen LogP contribution in [0.15, 0.2) is 0 Å². The molecule has 1 rings (SSSR count). The zero-order chi connectivity index (χ0) is 12.9. The second kappa shape index (κ2) is 6.81. The quantitative estimate of drug-likeness (QED) is 0.528. The Morgan fingerprint density at radius 1 is 1.00 bits per heavy atom. The molecule has 0 saturated heterocycles. The van der Waals surface area contributed by atoms with Crippen LogP contribution in [0.3, 0.4) is 0 Å². The first-order valence-corrected chi connectivity index (χ1v) is 7.98. The lowest BCUT2D eigenvalue weighted by molar-refractivity contribution is 0.118. The standard InChI is InChI=1S/C17H34/c1-6-8-15-12-14(3)9-10-16(15)13-17(4,5)11-7-2/h14-16H,6-13H2,1-5H3. The van der Waals surface area contributed by atoms with Gasteiger partial charge in [0.2, 0.25) is 0 Å². The molecule has 1 saturated carbocycles. The fourth-order valence-electron chi connectivity index (χ4n) is 4.04. The smallest absolute Gasteiger partial charge is 0.0352 e. The molecule has 0 aliphatic heterocycles. The van der Waals surface area contributed by atoms with Crippen molar-refractivity contribution in [3.05, 3.63) is 0 Å². The largest absolute Gasteiger partial charge is 0.0654 e. The van der Waals surface area contributed by atoms with Crippen molar-refractivity contribution >= 4 is 0 Å². The van der Waals surface area contributed by atoms with Crippen molar-refractivity contribution in [1.29, 1.82) is 0 Å². The number of rotatable bonds is 6. The Balaban J connectivity index is 2.54. The van der Waals surface area contributed by atoms with Gasteiger partial charge in [-0.05, 0) is 48.9 Å². The summed E-state index contributed by atoms with van der Waals surface area (Å²) in [5.41, 5.74) is 0.575. The van der Waals surface area contributed by atoms with Crippen LogP contribution in [0.4, 0.5) is 0 Å². The predicted molar refractivity (Wildman–Crippen MR) is 78.2 cm³/mol. The molecule has 1 aliphatic carbocycles. The first-order chi connectivity index (χ1) is 7.98. The van der Waals surface area contributed by atoms with Crippen molar-refractivity contribution in [2.24, 2.45) is 23.2 Å². The van der Waals surface area contributed by atoms with E-state index in [0.717, 1.165) is 17.8 Å². The molecule has 1 fully saturated rings. The van der Waals surface area contributed by atoms with Gasteiger partial charge in [0.1, 0.15) is 0 Å². The van der Waals surface area contributed by atoms with Gasteiger partial charge in [-0.25, -0.2) is 0 Å². The monoisotopic (exact) mass is 238 g/mol. The van der Waals surface area contributed by atoms with Gasteiger partial charge in [0, 0.05) is 0 Å². The van der Waals surface area contributed by atoms with Crippen molar-refractivity contribution in [2.45, 2.75) is 86.0 Å². The van der Waals surface area contributed by atoms with Crippen molar-refractivity contribution < 1.29 is 0 Å². The van der Waals surface area contributed by atoms with E-state index in [1.165, 1.54) is 51.4 Å². The number of hydrogen-bond acceptors (Lipinski definition) is 0. The zero-order valence-electron chi connectivity index (χ0n) is 12.9. The van der Waals surface area contributed by atoms with Crippen LogP contribution in [-0.4, -0.2) is 0 Å². The molecular formula is C17H34. The van der Waals surface area contributed by atoms with Gasteiger partial charge in [0.05, 0.1) is 0 Å². The lowest BCUT2D eigenvalue weighted by Crippen LogP contribution is -2.28. The highest BCUT2D eigenvalue weighted by molar-refractivity contribution is 4.83. The van der Waals surface area contributed by atoms with Crippen LogP contribution in [0.25, 0.3) is 0 Å². The molecule has 0 heteroatoms. The van der Waals surface area contributed by atoms with Gasteiger partial charge in [-0.2, -0.15) is 0 Å². The molecule has 0 aromatic heterocycles. The van der Waals surface area contributed by atoms with E-state index >= 15 is 0 Å². The molecular weight excluding hydrogens is 204 g/mol. The first kappa shape index (κ1) is 15.1. The third kappa shape index (κ3) is 5.02. The number of hydrogen-bond donors (Lipinski definition) is 0. The Morgan fingerprint density at radius 3 is 2.29 bits per heavy atom. The average molecular weight is 238 g/mol. The predicted octanol–water partition coefficient (Wildman–Crippen LogP) is 6.06. The van der Waals surface area contributed by atoms with Crippen LogP contribution >= 0.6 is 0 Å². The first-order valence-electron chi connectivity index (χ1n) is 7.98. The molecule has 0 amide bonds. The molecule has 0 aromatic carbocycles. The second-order valence-corrected chi connectivity index (χ2v) is 7.35. The lowest BCUT2D eigenvalue weighted by atomic mass is 9.66. The molecule has 1 aliphatic rings. The summed E-state index contributed by atoms with van der Waals surface area (Å²) in [6, 6.07) is 0. The second-order valence-electron chi connectivity index (χ2n) is 7.35. The Kier molecular flexibility index (Phi) is 6.03. The van der Waals surface area contributed by atoms with Crippen molar-refractivity contribution in [2.75, 3.05) is 0 Å². The molecule has 0 heterocycles. The molecule has 102 valence electrons. The van der Waals surface area contributed by atoms with E-state index in [4.69, 9.17) is 0 Å². The highest BCUT2D eigenvalue weighted by Gasteiger charge is 2.32. The minimum atomic E-state index is 0.575. The van der Waals surface area contributed by atoms with E-state index < -0.39 is 0 Å². The van der Waals surface area contributed by atoms with Gasteiger partial charge in [-0.15, -0.1) is 0 Å². The van der Waals surface area contributed by atoms with Gasteiger partial charge >= 0.3 is 0 Å². The molecule has 17 heavy (non-hydrogen) atoms.